The summed E-state index contributed by atoms with van der Waals surface area (Å²) < 4.78 is 1.04. The van der Waals surface area contributed by atoms with Crippen LogP contribution in [0.3, 0.4) is 0 Å². The second-order valence-electron chi connectivity index (χ2n) is 3.71. The monoisotopic (exact) mass is 256 g/mol. The van der Waals surface area contributed by atoms with Crippen LogP contribution >= 0.6 is 11.3 Å². The van der Waals surface area contributed by atoms with Gasteiger partial charge < -0.3 is 5.11 Å². The average molecular weight is 256 g/mol. The Morgan fingerprint density at radius 2 is 2.06 bits per heavy atom. The molecule has 2 heterocycles. The van der Waals surface area contributed by atoms with Crippen molar-refractivity contribution in [2.45, 2.75) is 0 Å². The number of pyridine rings is 1. The fourth-order valence-electron chi connectivity index (χ4n) is 1.74. The molecule has 0 radical (unpaired) electrons. The number of carboxylic acid groups (broad SMARTS) is 1. The maximum atomic E-state index is 11.1. The third-order valence-electron chi connectivity index (χ3n) is 2.58. The van der Waals surface area contributed by atoms with Gasteiger partial charge in [0, 0.05) is 18.0 Å². The fourth-order valence-corrected chi connectivity index (χ4v) is 2.74. The molecule has 2 aromatic heterocycles. The van der Waals surface area contributed by atoms with Gasteiger partial charge in [0.05, 0.1) is 15.8 Å². The quantitative estimate of drug-likeness (QED) is 0.765. The van der Waals surface area contributed by atoms with E-state index in [1.807, 2.05) is 24.3 Å². The summed E-state index contributed by atoms with van der Waals surface area (Å²) in [5.41, 5.74) is 1.67. The fraction of sp³-hybridized carbons (Fsp3) is 0. The smallest absolute Gasteiger partial charge is 0.337 e. The second-order valence-corrected chi connectivity index (χ2v) is 4.74. The highest BCUT2D eigenvalue weighted by Gasteiger charge is 2.14. The number of hydrogen-bond donors (Lipinski definition) is 1. The molecule has 0 aliphatic heterocycles. The number of benzene rings is 1. The number of hydrogen-bond acceptors (Lipinski definition) is 4. The largest absolute Gasteiger partial charge is 0.478 e. The van der Waals surface area contributed by atoms with E-state index in [4.69, 9.17) is 5.11 Å². The van der Waals surface area contributed by atoms with Gasteiger partial charge in [0.2, 0.25) is 0 Å². The predicted molar refractivity (Wildman–Crippen MR) is 69.8 cm³/mol. The first kappa shape index (κ1) is 10.9. The molecule has 1 N–H and O–H groups in total. The molecule has 4 nitrogen and oxygen atoms in total. The van der Waals surface area contributed by atoms with Crippen LogP contribution in [0.1, 0.15) is 10.4 Å². The number of carboxylic acids is 1. The summed E-state index contributed by atoms with van der Waals surface area (Å²) in [5.74, 6) is -0.989. The number of nitrogens with zero attached hydrogens (tertiary/aromatic N) is 2. The van der Waals surface area contributed by atoms with Gasteiger partial charge in [0.15, 0.2) is 0 Å². The van der Waals surface area contributed by atoms with Gasteiger partial charge in [0.1, 0.15) is 5.01 Å². The molecule has 3 aromatic rings. The van der Waals surface area contributed by atoms with Crippen LogP contribution in [0.2, 0.25) is 0 Å². The summed E-state index contributed by atoms with van der Waals surface area (Å²) in [7, 11) is 0. The van der Waals surface area contributed by atoms with Crippen LogP contribution in [-0.4, -0.2) is 21.0 Å². The molecule has 3 rings (SSSR count). The topological polar surface area (TPSA) is 63.1 Å². The van der Waals surface area contributed by atoms with Crippen LogP contribution in [0.5, 0.6) is 0 Å². The number of thiazole rings is 1. The highest BCUT2D eigenvalue weighted by molar-refractivity contribution is 7.21. The first-order chi connectivity index (χ1) is 8.75. The Morgan fingerprint density at radius 3 is 2.83 bits per heavy atom. The van der Waals surface area contributed by atoms with E-state index >= 15 is 0 Å². The maximum Gasteiger partial charge on any atom is 0.337 e. The van der Waals surface area contributed by atoms with Crippen molar-refractivity contribution < 1.29 is 9.90 Å². The van der Waals surface area contributed by atoms with Gasteiger partial charge in [-0.1, -0.05) is 12.1 Å². The zero-order chi connectivity index (χ0) is 12.5. The van der Waals surface area contributed by atoms with E-state index in [0.717, 1.165) is 10.2 Å². The van der Waals surface area contributed by atoms with E-state index < -0.39 is 5.97 Å². The highest BCUT2D eigenvalue weighted by atomic mass is 32.1. The van der Waals surface area contributed by atoms with Crippen molar-refractivity contribution in [2.24, 2.45) is 0 Å². The van der Waals surface area contributed by atoms with Gasteiger partial charge in [-0.25, -0.2) is 9.78 Å². The van der Waals surface area contributed by atoms with Gasteiger partial charge >= 0.3 is 5.97 Å². The zero-order valence-corrected chi connectivity index (χ0v) is 10.0. The van der Waals surface area contributed by atoms with Gasteiger partial charge in [-0.3, -0.25) is 4.98 Å². The summed E-state index contributed by atoms with van der Waals surface area (Å²) in [6, 6.07) is 9.42. The predicted octanol–water partition coefficient (Wildman–Crippen LogP) is 3.06. The molecule has 0 atom stereocenters. The molecule has 0 fully saturated rings. The molecule has 18 heavy (non-hydrogen) atoms. The van der Waals surface area contributed by atoms with Crippen molar-refractivity contribution in [3.05, 3.63) is 48.3 Å². The number of fused-ring (bicyclic) bond motifs is 1. The molecule has 0 saturated heterocycles. The number of carbonyl (C=O) groups is 1. The normalized spacial score (nSPS) is 10.7. The first-order valence-corrected chi connectivity index (χ1v) is 6.10. The molecule has 0 spiro atoms. The standard InChI is InChI=1S/C13H8N2O2S/c16-13(17)9-7-14-6-5-8(9)12-15-10-3-1-2-4-11(10)18-12/h1-7H,(H,16,17). The Morgan fingerprint density at radius 1 is 1.22 bits per heavy atom. The van der Waals surface area contributed by atoms with Crippen LogP contribution in [0.15, 0.2) is 42.7 Å². The van der Waals surface area contributed by atoms with Crippen molar-refractivity contribution >= 4 is 27.5 Å². The summed E-state index contributed by atoms with van der Waals surface area (Å²) >= 11 is 1.48. The van der Waals surface area contributed by atoms with Crippen LogP contribution in [0.25, 0.3) is 20.8 Å². The highest BCUT2D eigenvalue weighted by Crippen LogP contribution is 2.31. The second kappa shape index (κ2) is 4.19. The minimum absolute atomic E-state index is 0.177. The van der Waals surface area contributed by atoms with Gasteiger partial charge in [-0.05, 0) is 18.2 Å². The molecule has 5 heteroatoms. The lowest BCUT2D eigenvalue weighted by Gasteiger charge is -2.00. The number of aromatic carboxylic acids is 1. The van der Waals surface area contributed by atoms with E-state index in [9.17, 15) is 4.79 Å². The summed E-state index contributed by atoms with van der Waals surface area (Å²) in [6.07, 6.45) is 2.93. The van der Waals surface area contributed by atoms with E-state index in [1.54, 1.807) is 12.3 Å². The number of rotatable bonds is 2. The minimum atomic E-state index is -0.989. The molecule has 88 valence electrons. The lowest BCUT2D eigenvalue weighted by atomic mass is 10.1. The number of aromatic nitrogens is 2. The van der Waals surface area contributed by atoms with Crippen molar-refractivity contribution in [3.8, 4) is 10.6 Å². The Bertz CT molecular complexity index is 703. The van der Waals surface area contributed by atoms with Crippen molar-refractivity contribution in [1.82, 2.24) is 9.97 Å². The van der Waals surface area contributed by atoms with Crippen molar-refractivity contribution in [2.75, 3.05) is 0 Å². The molecule has 0 aliphatic carbocycles. The SMILES string of the molecule is O=C(O)c1cnccc1-c1nc2ccccc2s1. The van der Waals surface area contributed by atoms with Crippen molar-refractivity contribution in [3.63, 3.8) is 0 Å². The Kier molecular flexibility index (Phi) is 2.53. The molecule has 0 amide bonds. The molecule has 0 aliphatic rings. The van der Waals surface area contributed by atoms with Crippen LogP contribution in [0, 0.1) is 0 Å². The third kappa shape index (κ3) is 1.74. The van der Waals surface area contributed by atoms with E-state index in [0.29, 0.717) is 10.6 Å². The molecule has 0 bridgehead atoms. The van der Waals surface area contributed by atoms with Crippen LogP contribution < -0.4 is 0 Å². The van der Waals surface area contributed by atoms with Gasteiger partial charge in [0.25, 0.3) is 0 Å². The van der Waals surface area contributed by atoms with Crippen molar-refractivity contribution in [1.29, 1.82) is 0 Å². The Labute approximate surface area is 107 Å². The molecular formula is C13H8N2O2S. The molecule has 1 aromatic carbocycles. The van der Waals surface area contributed by atoms with E-state index in [1.165, 1.54) is 17.5 Å². The van der Waals surface area contributed by atoms with E-state index in [-0.39, 0.29) is 5.56 Å². The van der Waals surface area contributed by atoms with Gasteiger partial charge in [-0.2, -0.15) is 0 Å². The van der Waals surface area contributed by atoms with Crippen LogP contribution in [-0.2, 0) is 0 Å². The lowest BCUT2D eigenvalue weighted by Crippen LogP contribution is -1.99. The third-order valence-corrected chi connectivity index (χ3v) is 3.65. The average Bonchev–Trinajstić information content (AvgIpc) is 2.82. The van der Waals surface area contributed by atoms with Crippen LogP contribution in [0.4, 0.5) is 0 Å². The molecule has 0 unspecified atom stereocenters. The summed E-state index contributed by atoms with van der Waals surface area (Å²) in [4.78, 5) is 19.4. The summed E-state index contributed by atoms with van der Waals surface area (Å²) in [6.45, 7) is 0. The first-order valence-electron chi connectivity index (χ1n) is 5.29. The minimum Gasteiger partial charge on any atom is -0.478 e. The molecule has 0 saturated carbocycles. The van der Waals surface area contributed by atoms with E-state index in [2.05, 4.69) is 9.97 Å². The summed E-state index contributed by atoms with van der Waals surface area (Å²) in [5, 5.41) is 9.84. The zero-order valence-electron chi connectivity index (χ0n) is 9.20. The Hall–Kier alpha value is -2.27. The number of para-hydroxylation sites is 1. The Balaban J connectivity index is 2.23. The molecular weight excluding hydrogens is 248 g/mol. The maximum absolute atomic E-state index is 11.1. The van der Waals surface area contributed by atoms with Gasteiger partial charge in [-0.15, -0.1) is 11.3 Å². The lowest BCUT2D eigenvalue weighted by molar-refractivity contribution is 0.0697.